The first-order chi connectivity index (χ1) is 13.5. The molecule has 6 nitrogen and oxygen atoms in total. The largest absolute Gasteiger partial charge is 0.371 e. The fourth-order valence-corrected chi connectivity index (χ4v) is 4.17. The monoisotopic (exact) mass is 386 g/mol. The number of nitrogens with one attached hydrogen (secondary N) is 2. The molecule has 1 aromatic rings. The highest BCUT2D eigenvalue weighted by Gasteiger charge is 2.30. The molecule has 0 saturated carbocycles. The molecule has 2 heterocycles. The van der Waals surface area contributed by atoms with Gasteiger partial charge in [0.1, 0.15) is 0 Å². The summed E-state index contributed by atoms with van der Waals surface area (Å²) >= 11 is 0. The molecule has 0 unspecified atom stereocenters. The van der Waals surface area contributed by atoms with E-state index in [-0.39, 0.29) is 0 Å². The molecule has 28 heavy (non-hydrogen) atoms. The van der Waals surface area contributed by atoms with Crippen LogP contribution in [0.4, 0.5) is 5.69 Å². The Morgan fingerprint density at radius 3 is 2.57 bits per heavy atom. The number of anilines is 1. The van der Waals surface area contributed by atoms with Gasteiger partial charge in [-0.3, -0.25) is 10.0 Å². The third-order valence-electron chi connectivity index (χ3n) is 6.31. The number of hydroxylamine groups is 1. The van der Waals surface area contributed by atoms with Crippen LogP contribution >= 0.6 is 0 Å². The molecule has 0 spiro atoms. The topological polar surface area (TPSA) is 67.8 Å². The molecule has 1 amide bonds. The quantitative estimate of drug-likeness (QED) is 0.398. The van der Waals surface area contributed by atoms with Crippen LogP contribution in [0.15, 0.2) is 30.3 Å². The van der Waals surface area contributed by atoms with E-state index in [1.807, 2.05) is 18.2 Å². The lowest BCUT2D eigenvalue weighted by Gasteiger charge is -2.40. The van der Waals surface area contributed by atoms with Crippen LogP contribution in [0.2, 0.25) is 0 Å². The van der Waals surface area contributed by atoms with Gasteiger partial charge in [-0.05, 0) is 68.9 Å². The number of para-hydroxylation sites is 1. The van der Waals surface area contributed by atoms with Crippen molar-refractivity contribution < 1.29 is 10.0 Å². The maximum Gasteiger partial charge on any atom is 0.267 e. The van der Waals surface area contributed by atoms with Crippen LogP contribution in [0, 0.1) is 5.41 Å². The van der Waals surface area contributed by atoms with Crippen molar-refractivity contribution in [2.24, 2.45) is 5.41 Å². The van der Waals surface area contributed by atoms with Crippen LogP contribution in [0.1, 0.15) is 38.2 Å². The molecule has 2 aliphatic rings. The molecule has 154 valence electrons. The molecule has 0 radical (unpaired) electrons. The molecule has 3 rings (SSSR count). The molecule has 0 aliphatic carbocycles. The SMILES string of the molecule is CN1CCC(C)(CNC2CCN(c3ccccc3/C=C/C(=O)NO)CC2)CC1. The van der Waals surface area contributed by atoms with Gasteiger partial charge in [0.05, 0.1) is 0 Å². The number of hydrogen-bond acceptors (Lipinski definition) is 5. The van der Waals surface area contributed by atoms with Crippen molar-refractivity contribution in [3.63, 3.8) is 0 Å². The predicted molar refractivity (Wildman–Crippen MR) is 113 cm³/mol. The van der Waals surface area contributed by atoms with Gasteiger partial charge >= 0.3 is 0 Å². The van der Waals surface area contributed by atoms with Crippen LogP contribution < -0.4 is 15.7 Å². The molecule has 0 bridgehead atoms. The van der Waals surface area contributed by atoms with Gasteiger partial charge in [-0.2, -0.15) is 0 Å². The highest BCUT2D eigenvalue weighted by Crippen LogP contribution is 2.30. The van der Waals surface area contributed by atoms with Crippen LogP contribution in [0.5, 0.6) is 0 Å². The van der Waals surface area contributed by atoms with Crippen LogP contribution in [-0.4, -0.2) is 61.8 Å². The summed E-state index contributed by atoms with van der Waals surface area (Å²) in [5, 5.41) is 12.5. The van der Waals surface area contributed by atoms with Crippen molar-refractivity contribution in [1.29, 1.82) is 0 Å². The van der Waals surface area contributed by atoms with E-state index in [2.05, 4.69) is 35.2 Å². The second kappa shape index (κ2) is 9.54. The normalized spacial score (nSPS) is 21.2. The number of amides is 1. The van der Waals surface area contributed by atoms with E-state index in [9.17, 15) is 4.79 Å². The lowest BCUT2D eigenvalue weighted by Crippen LogP contribution is -2.48. The molecule has 0 aromatic heterocycles. The maximum atomic E-state index is 11.3. The summed E-state index contributed by atoms with van der Waals surface area (Å²) in [4.78, 5) is 16.1. The minimum atomic E-state index is -0.514. The number of nitrogens with zero attached hydrogens (tertiary/aromatic N) is 2. The van der Waals surface area contributed by atoms with E-state index in [0.29, 0.717) is 11.5 Å². The Labute approximate surface area is 168 Å². The summed E-state index contributed by atoms with van der Waals surface area (Å²) in [6.07, 6.45) is 7.92. The Hall–Kier alpha value is -1.89. The lowest BCUT2D eigenvalue weighted by atomic mass is 9.80. The van der Waals surface area contributed by atoms with E-state index in [1.165, 1.54) is 32.0 Å². The van der Waals surface area contributed by atoms with Gasteiger partial charge in [0, 0.05) is 37.4 Å². The van der Waals surface area contributed by atoms with Gasteiger partial charge in [-0.15, -0.1) is 0 Å². The summed E-state index contributed by atoms with van der Waals surface area (Å²) in [5.41, 5.74) is 4.20. The van der Waals surface area contributed by atoms with E-state index in [1.54, 1.807) is 11.6 Å². The fourth-order valence-electron chi connectivity index (χ4n) is 4.17. The summed E-state index contributed by atoms with van der Waals surface area (Å²) < 4.78 is 0. The molecule has 0 atom stereocenters. The maximum absolute atomic E-state index is 11.3. The van der Waals surface area contributed by atoms with E-state index in [0.717, 1.165) is 43.7 Å². The van der Waals surface area contributed by atoms with E-state index in [4.69, 9.17) is 5.21 Å². The second-order valence-electron chi connectivity index (χ2n) is 8.62. The minimum Gasteiger partial charge on any atom is -0.371 e. The Morgan fingerprint density at radius 2 is 1.89 bits per heavy atom. The fraction of sp³-hybridized carbons (Fsp3) is 0.591. The van der Waals surface area contributed by atoms with Crippen LogP contribution in [-0.2, 0) is 4.79 Å². The second-order valence-corrected chi connectivity index (χ2v) is 8.62. The number of likely N-dealkylation sites (tertiary alicyclic amines) is 1. The number of benzene rings is 1. The molecule has 1 aromatic carbocycles. The summed E-state index contributed by atoms with van der Waals surface area (Å²) in [6.45, 7) is 7.96. The first kappa shape index (κ1) is 20.8. The Bertz CT molecular complexity index is 675. The molecule has 2 aliphatic heterocycles. The van der Waals surface area contributed by atoms with Crippen molar-refractivity contribution in [2.45, 2.75) is 38.6 Å². The number of piperidine rings is 2. The van der Waals surface area contributed by atoms with Crippen molar-refractivity contribution in [2.75, 3.05) is 44.7 Å². The van der Waals surface area contributed by atoms with Crippen molar-refractivity contribution in [3.8, 4) is 0 Å². The Kier molecular flexibility index (Phi) is 7.10. The first-order valence-corrected chi connectivity index (χ1v) is 10.4. The van der Waals surface area contributed by atoms with Crippen LogP contribution in [0.3, 0.4) is 0 Å². The molecule has 2 saturated heterocycles. The Balaban J connectivity index is 1.52. The van der Waals surface area contributed by atoms with Gasteiger partial charge in [0.15, 0.2) is 0 Å². The Morgan fingerprint density at radius 1 is 1.21 bits per heavy atom. The highest BCUT2D eigenvalue weighted by molar-refractivity contribution is 5.91. The molecule has 6 heteroatoms. The van der Waals surface area contributed by atoms with Gasteiger partial charge in [0.25, 0.3) is 5.91 Å². The zero-order valence-corrected chi connectivity index (χ0v) is 17.2. The number of carbonyl (C=O) groups excluding carboxylic acids is 1. The standard InChI is InChI=1S/C22H34N4O2/c1-22(11-15-25(2)16-12-22)17-23-19-9-13-26(14-10-19)20-6-4-3-5-18(20)7-8-21(27)24-28/h3-8,19,23,28H,9-17H2,1-2H3,(H,24,27)/b8-7+. The predicted octanol–water partition coefficient (Wildman–Crippen LogP) is 2.50. The molecule has 2 fully saturated rings. The van der Waals surface area contributed by atoms with Gasteiger partial charge < -0.3 is 15.1 Å². The van der Waals surface area contributed by atoms with Gasteiger partial charge in [-0.25, -0.2) is 5.48 Å². The highest BCUT2D eigenvalue weighted by atomic mass is 16.5. The van der Waals surface area contributed by atoms with Crippen molar-refractivity contribution >= 4 is 17.7 Å². The minimum absolute atomic E-state index is 0.425. The van der Waals surface area contributed by atoms with Gasteiger partial charge in [0.2, 0.25) is 0 Å². The average Bonchev–Trinajstić information content (AvgIpc) is 2.73. The van der Waals surface area contributed by atoms with Crippen molar-refractivity contribution in [3.05, 3.63) is 35.9 Å². The lowest BCUT2D eigenvalue weighted by molar-refractivity contribution is -0.124. The zero-order valence-electron chi connectivity index (χ0n) is 17.2. The number of carbonyl (C=O) groups is 1. The molecular formula is C22H34N4O2. The van der Waals surface area contributed by atoms with E-state index < -0.39 is 5.91 Å². The average molecular weight is 387 g/mol. The van der Waals surface area contributed by atoms with E-state index >= 15 is 0 Å². The number of rotatable bonds is 6. The van der Waals surface area contributed by atoms with Crippen LogP contribution in [0.25, 0.3) is 6.08 Å². The molecule has 3 N–H and O–H groups in total. The third-order valence-corrected chi connectivity index (χ3v) is 6.31. The smallest absolute Gasteiger partial charge is 0.267 e. The first-order valence-electron chi connectivity index (χ1n) is 10.4. The molecular weight excluding hydrogens is 352 g/mol. The summed E-state index contributed by atoms with van der Waals surface area (Å²) in [6, 6.07) is 8.68. The van der Waals surface area contributed by atoms with Gasteiger partial charge in [-0.1, -0.05) is 25.1 Å². The zero-order chi connectivity index (χ0) is 20.0. The third kappa shape index (κ3) is 5.56. The van der Waals surface area contributed by atoms with Crippen molar-refractivity contribution in [1.82, 2.24) is 15.7 Å². The summed E-state index contributed by atoms with van der Waals surface area (Å²) in [7, 11) is 2.21. The number of hydrogen-bond donors (Lipinski definition) is 3. The summed E-state index contributed by atoms with van der Waals surface area (Å²) in [5.74, 6) is -0.514.